The number of rotatable bonds is 8. The third-order valence-corrected chi connectivity index (χ3v) is 10.2. The predicted molar refractivity (Wildman–Crippen MR) is 147 cm³/mol. The predicted octanol–water partition coefficient (Wildman–Crippen LogP) is 8.21. The zero-order valence-electron chi connectivity index (χ0n) is 18.9. The van der Waals surface area contributed by atoms with Crippen LogP contribution in [-0.4, -0.2) is 17.5 Å². The molecule has 1 N–H and O–H groups in total. The fourth-order valence-corrected chi connectivity index (χ4v) is 8.99. The molecule has 8 nitrogen and oxygen atoms in total. The van der Waals surface area contributed by atoms with Gasteiger partial charge in [0.1, 0.15) is 20.0 Å². The van der Waals surface area contributed by atoms with Crippen LogP contribution in [0.1, 0.15) is 0 Å². The molecule has 1 heterocycles. The van der Waals surface area contributed by atoms with E-state index in [9.17, 15) is 0 Å². The van der Waals surface area contributed by atoms with Crippen molar-refractivity contribution >= 4 is 33.2 Å². The highest BCUT2D eigenvalue weighted by molar-refractivity contribution is 7.54. The fraction of sp³-hybridized carbons (Fsp3) is 0. The van der Waals surface area contributed by atoms with Crippen LogP contribution in [-0.2, 0) is 0 Å². The van der Waals surface area contributed by atoms with E-state index in [1.807, 2.05) is 121 Å². The minimum atomic E-state index is -1.72. The number of H-pyrrole nitrogens is 1. The quantitative estimate of drug-likeness (QED) is 0.209. The summed E-state index contributed by atoms with van der Waals surface area (Å²) in [5.41, 5.74) is 0. The van der Waals surface area contributed by atoms with Gasteiger partial charge in [0, 0.05) is 0 Å². The molecule has 182 valence electrons. The van der Waals surface area contributed by atoms with E-state index in [-0.39, 0.29) is 8.51 Å². The van der Waals surface area contributed by atoms with Gasteiger partial charge in [-0.1, -0.05) is 81.3 Å². The van der Waals surface area contributed by atoms with Gasteiger partial charge in [-0.25, -0.2) is 0 Å². The largest absolute Gasteiger partial charge is 0.415 e. The maximum absolute atomic E-state index is 6.54. The van der Waals surface area contributed by atoms with Crippen molar-refractivity contribution < 1.29 is 18.7 Å². The van der Waals surface area contributed by atoms with E-state index in [4.69, 9.17) is 18.7 Å². The highest BCUT2D eigenvalue weighted by Gasteiger charge is 2.17. The molecule has 0 bridgehead atoms. The van der Waals surface area contributed by atoms with Crippen molar-refractivity contribution in [3.63, 3.8) is 0 Å². The summed E-state index contributed by atoms with van der Waals surface area (Å²) in [6.45, 7) is 0. The lowest BCUT2D eigenvalue weighted by atomic mass is 10.3. The molecule has 0 aliphatic heterocycles. The molecule has 0 saturated carbocycles. The standard InChI is InChI=1S/C24H22N4O4P4/c1-5-13-21(14-6-1)29-27-34-25-33-26-35(31-23-17-9-3-10-18-23)28(30-22-15-7-2-8-16-22)36(27)32-24-19-11-4-12-20-24/h1-20,34H,(H,25,26). The van der Waals surface area contributed by atoms with E-state index in [1.54, 1.807) is 8.51 Å². The van der Waals surface area contributed by atoms with E-state index in [0.717, 1.165) is 0 Å². The first-order chi connectivity index (χ1) is 17.8. The Kier molecular flexibility index (Phi) is 8.36. The van der Waals surface area contributed by atoms with Crippen LogP contribution in [0.2, 0.25) is 0 Å². The van der Waals surface area contributed by atoms with Crippen molar-refractivity contribution in [2.75, 3.05) is 0 Å². The molecule has 0 saturated heterocycles. The lowest BCUT2D eigenvalue weighted by Crippen LogP contribution is -2.12. The molecular weight excluding hydrogens is 532 g/mol. The SMILES string of the molecule is c1ccc(On2[pH]np[nH]p(Oc3ccccc3)n(Oc3ccccc3)p2Oc2ccccc2)cc1. The van der Waals surface area contributed by atoms with Gasteiger partial charge in [-0.05, 0) is 48.5 Å². The van der Waals surface area contributed by atoms with E-state index in [0.29, 0.717) is 31.5 Å². The molecular formula is C24H22N4O4P4. The highest BCUT2D eigenvalue weighted by Crippen LogP contribution is 2.40. The lowest BCUT2D eigenvalue weighted by molar-refractivity contribution is 0.234. The van der Waals surface area contributed by atoms with Crippen molar-refractivity contribution in [3.8, 4) is 23.0 Å². The molecule has 12 heteroatoms. The molecule has 5 aromatic rings. The molecule has 0 aliphatic carbocycles. The first-order valence-corrected chi connectivity index (χ1v) is 15.0. The molecule has 5 rings (SSSR count). The number of nitrogens with zero attached hydrogens (tertiary/aromatic N) is 3. The van der Waals surface area contributed by atoms with Crippen LogP contribution >= 0.6 is 33.2 Å². The summed E-state index contributed by atoms with van der Waals surface area (Å²) in [6.07, 6.45) is 0. The van der Waals surface area contributed by atoms with E-state index < -0.39 is 16.2 Å². The first-order valence-electron chi connectivity index (χ1n) is 10.9. The molecule has 1 aromatic heterocycles. The number of aromatic amines is 1. The van der Waals surface area contributed by atoms with Gasteiger partial charge in [0.25, 0.3) is 8.08 Å². The average Bonchev–Trinajstić information content (AvgIpc) is 2.93. The Bertz CT molecular complexity index is 1330. The number of para-hydroxylation sites is 4. The summed E-state index contributed by atoms with van der Waals surface area (Å²) < 4.78 is 24.3. The number of hydrogen-bond donors (Lipinski definition) is 1. The second-order valence-electron chi connectivity index (χ2n) is 7.07. The topological polar surface area (TPSA) is 75.5 Å². The molecule has 3 atom stereocenters. The first kappa shape index (κ1) is 24.2. The summed E-state index contributed by atoms with van der Waals surface area (Å²) in [4.78, 5) is 12.7. The molecule has 0 fully saturated rings. The second kappa shape index (κ2) is 12.4. The Hall–Kier alpha value is -3.52. The van der Waals surface area contributed by atoms with Gasteiger partial charge in [-0.15, -0.1) is 0 Å². The van der Waals surface area contributed by atoms with Crippen LogP contribution in [0, 0.1) is 0 Å². The summed E-state index contributed by atoms with van der Waals surface area (Å²) in [5.74, 6) is 2.68. The summed E-state index contributed by atoms with van der Waals surface area (Å²) in [5, 5.41) is 0. The maximum atomic E-state index is 6.54. The fourth-order valence-electron chi connectivity index (χ4n) is 2.91. The Morgan fingerprint density at radius 1 is 0.611 bits per heavy atom. The summed E-state index contributed by atoms with van der Waals surface area (Å²) in [6, 6.07) is 38.3. The Morgan fingerprint density at radius 2 is 1.08 bits per heavy atom. The monoisotopic (exact) mass is 554 g/mol. The van der Waals surface area contributed by atoms with E-state index in [1.165, 1.54) is 0 Å². The van der Waals surface area contributed by atoms with Gasteiger partial charge in [0.2, 0.25) is 0 Å². The molecule has 3 unspecified atom stereocenters. The van der Waals surface area contributed by atoms with Gasteiger partial charge in [0.15, 0.2) is 11.5 Å². The number of benzene rings is 4. The Balaban J connectivity index is 1.71. The minimum Gasteiger partial charge on any atom is -0.415 e. The minimum absolute atomic E-state index is 0.0585. The molecule has 0 amide bonds. The zero-order chi connectivity index (χ0) is 24.4. The zero-order valence-corrected chi connectivity index (χ0v) is 22.5. The van der Waals surface area contributed by atoms with Crippen molar-refractivity contribution in [2.45, 2.75) is 0 Å². The molecule has 36 heavy (non-hydrogen) atoms. The van der Waals surface area contributed by atoms with Gasteiger partial charge in [0.05, 0.1) is 8.51 Å². The normalized spacial score (nSPS) is 11.7. The molecule has 4 aromatic carbocycles. The van der Waals surface area contributed by atoms with Crippen LogP contribution in [0.5, 0.6) is 23.0 Å². The summed E-state index contributed by atoms with van der Waals surface area (Å²) in [7, 11) is -2.72. The van der Waals surface area contributed by atoms with Crippen LogP contribution in [0.3, 0.4) is 0 Å². The Labute approximate surface area is 213 Å². The van der Waals surface area contributed by atoms with Gasteiger partial charge in [-0.2, -0.15) is 4.51 Å². The lowest BCUT2D eigenvalue weighted by Gasteiger charge is -2.20. The van der Waals surface area contributed by atoms with Crippen molar-refractivity contribution in [1.29, 1.82) is 0 Å². The Morgan fingerprint density at radius 3 is 1.64 bits per heavy atom. The van der Waals surface area contributed by atoms with Crippen molar-refractivity contribution in [2.24, 2.45) is 0 Å². The third kappa shape index (κ3) is 6.57. The maximum Gasteiger partial charge on any atom is 0.318 e. The van der Waals surface area contributed by atoms with Crippen LogP contribution in [0.15, 0.2) is 121 Å². The molecule has 0 spiro atoms. The average molecular weight is 554 g/mol. The van der Waals surface area contributed by atoms with E-state index in [2.05, 4.69) is 9.02 Å². The van der Waals surface area contributed by atoms with E-state index >= 15 is 0 Å². The highest BCUT2D eigenvalue weighted by atomic mass is 31.2. The second-order valence-corrected chi connectivity index (χ2v) is 12.7. The van der Waals surface area contributed by atoms with Crippen LogP contribution in [0.4, 0.5) is 0 Å². The molecule has 0 aliphatic rings. The van der Waals surface area contributed by atoms with Crippen LogP contribution < -0.4 is 18.7 Å². The number of nitrogens with one attached hydrogen (secondary N) is 1. The third-order valence-electron chi connectivity index (χ3n) is 4.50. The van der Waals surface area contributed by atoms with Crippen molar-refractivity contribution in [1.82, 2.24) is 17.5 Å². The van der Waals surface area contributed by atoms with Crippen molar-refractivity contribution in [3.05, 3.63) is 121 Å². The van der Waals surface area contributed by atoms with Gasteiger partial charge < -0.3 is 18.7 Å². The number of hydrogen-bond acceptors (Lipinski definition) is 5. The molecule has 0 radical (unpaired) electrons. The summed E-state index contributed by atoms with van der Waals surface area (Å²) >= 11 is 0. The smallest absolute Gasteiger partial charge is 0.318 e. The number of aromatic nitrogens is 4. The van der Waals surface area contributed by atoms with Gasteiger partial charge >= 0.3 is 8.08 Å². The van der Waals surface area contributed by atoms with Crippen LogP contribution in [0.25, 0.3) is 0 Å². The van der Waals surface area contributed by atoms with Gasteiger partial charge in [-0.3, -0.25) is 4.51 Å².